The molecule has 0 heterocycles. The lowest BCUT2D eigenvalue weighted by Crippen LogP contribution is -2.45. The third-order valence-corrected chi connectivity index (χ3v) is 13.0. The fraction of sp³-hybridized carbons (Fsp3) is 0.941. The van der Waals surface area contributed by atoms with E-state index in [2.05, 4.69) is 19.2 Å². The molecule has 0 rings (SSSR count). The second-order valence-corrected chi connectivity index (χ2v) is 20.7. The van der Waals surface area contributed by atoms with Gasteiger partial charge in [0.1, 0.15) is 13.2 Å². The van der Waals surface area contributed by atoms with Gasteiger partial charge in [-0.25, -0.2) is 0 Å². The van der Waals surface area contributed by atoms with Crippen molar-refractivity contribution >= 4 is 13.7 Å². The SMILES string of the molecule is CCCCCCCCC/C=C/C(O)C(COP(=O)([O-])OCC[N+](C)(C)C)NC(=O)CCCCCCCCCCCCCCCCCCCCCCCCCCCCCCC. The van der Waals surface area contributed by atoms with Gasteiger partial charge in [-0.05, 0) is 19.3 Å². The molecule has 0 spiro atoms. The summed E-state index contributed by atoms with van der Waals surface area (Å²) in [6.45, 7) is 4.64. The van der Waals surface area contributed by atoms with Crippen LogP contribution in [0.15, 0.2) is 12.2 Å². The molecule has 0 radical (unpaired) electrons. The molecule has 9 heteroatoms. The summed E-state index contributed by atoms with van der Waals surface area (Å²) in [7, 11) is 1.27. The van der Waals surface area contributed by atoms with Gasteiger partial charge in [0.25, 0.3) is 7.82 Å². The highest BCUT2D eigenvalue weighted by Gasteiger charge is 2.23. The number of phosphoric ester groups is 1. The van der Waals surface area contributed by atoms with Crippen molar-refractivity contribution in [1.29, 1.82) is 0 Å². The molecule has 0 aliphatic rings. The number of rotatable bonds is 48. The first-order valence-electron chi connectivity index (χ1n) is 26.1. The number of carbonyl (C=O) groups is 1. The number of nitrogens with zero attached hydrogens (tertiary/aromatic N) is 1. The molecule has 0 saturated heterocycles. The van der Waals surface area contributed by atoms with Crippen LogP contribution < -0.4 is 10.2 Å². The molecule has 0 aromatic heterocycles. The molecule has 0 fully saturated rings. The maximum Gasteiger partial charge on any atom is 0.268 e. The second-order valence-electron chi connectivity index (χ2n) is 19.2. The van der Waals surface area contributed by atoms with E-state index in [0.29, 0.717) is 17.4 Å². The van der Waals surface area contributed by atoms with E-state index in [1.54, 1.807) is 6.08 Å². The second kappa shape index (κ2) is 43.5. The number of likely N-dealkylation sites (N-methyl/N-ethyl adjacent to an activating group) is 1. The number of phosphoric acid groups is 1. The highest BCUT2D eigenvalue weighted by molar-refractivity contribution is 7.45. The first kappa shape index (κ1) is 59.2. The molecule has 8 nitrogen and oxygen atoms in total. The van der Waals surface area contributed by atoms with Crippen molar-refractivity contribution in [2.45, 2.75) is 270 Å². The number of unbranched alkanes of at least 4 members (excludes halogenated alkanes) is 35. The molecular weight excluding hydrogens is 768 g/mol. The van der Waals surface area contributed by atoms with Gasteiger partial charge in [-0.2, -0.15) is 0 Å². The van der Waals surface area contributed by atoms with Gasteiger partial charge in [-0.15, -0.1) is 0 Å². The Kier molecular flexibility index (Phi) is 42.9. The van der Waals surface area contributed by atoms with Gasteiger partial charge in [0, 0.05) is 6.42 Å². The van der Waals surface area contributed by atoms with Crippen LogP contribution in [0.25, 0.3) is 0 Å². The minimum Gasteiger partial charge on any atom is -0.756 e. The van der Waals surface area contributed by atoms with E-state index >= 15 is 0 Å². The van der Waals surface area contributed by atoms with Crippen LogP contribution >= 0.6 is 7.82 Å². The molecule has 60 heavy (non-hydrogen) atoms. The number of carbonyl (C=O) groups excluding carboxylic acids is 1. The molecular formula is C51H103N2O6P. The van der Waals surface area contributed by atoms with Gasteiger partial charge in [0.15, 0.2) is 0 Å². The van der Waals surface area contributed by atoms with Crippen LogP contribution in [0, 0.1) is 0 Å². The molecule has 0 aromatic carbocycles. The van der Waals surface area contributed by atoms with Crippen molar-refractivity contribution in [2.24, 2.45) is 0 Å². The maximum absolute atomic E-state index is 12.9. The number of quaternary nitrogens is 1. The summed E-state index contributed by atoms with van der Waals surface area (Å²) in [5.41, 5.74) is 0. The van der Waals surface area contributed by atoms with Crippen molar-refractivity contribution in [3.05, 3.63) is 12.2 Å². The Hall–Kier alpha value is -0.760. The summed E-state index contributed by atoms with van der Waals surface area (Å²) in [5, 5.41) is 13.7. The molecule has 358 valence electrons. The molecule has 0 saturated carbocycles. The van der Waals surface area contributed by atoms with Crippen molar-refractivity contribution in [2.75, 3.05) is 40.9 Å². The lowest BCUT2D eigenvalue weighted by molar-refractivity contribution is -0.870. The molecule has 1 amide bonds. The first-order valence-corrected chi connectivity index (χ1v) is 27.5. The van der Waals surface area contributed by atoms with E-state index in [9.17, 15) is 19.4 Å². The van der Waals surface area contributed by atoms with Crippen LogP contribution in [-0.2, 0) is 18.4 Å². The summed E-state index contributed by atoms with van der Waals surface area (Å²) in [6.07, 6.45) is 51.6. The summed E-state index contributed by atoms with van der Waals surface area (Å²) >= 11 is 0. The average Bonchev–Trinajstić information content (AvgIpc) is 3.20. The molecule has 3 atom stereocenters. The van der Waals surface area contributed by atoms with E-state index in [1.165, 1.54) is 199 Å². The first-order chi connectivity index (χ1) is 29.0. The van der Waals surface area contributed by atoms with E-state index < -0.39 is 20.0 Å². The van der Waals surface area contributed by atoms with E-state index in [-0.39, 0.29) is 19.1 Å². The Morgan fingerprint density at radius 2 is 0.900 bits per heavy atom. The molecule has 3 unspecified atom stereocenters. The lowest BCUT2D eigenvalue weighted by Gasteiger charge is -2.29. The Morgan fingerprint density at radius 1 is 0.567 bits per heavy atom. The summed E-state index contributed by atoms with van der Waals surface area (Å²) in [5.74, 6) is -0.195. The Balaban J connectivity index is 3.96. The highest BCUT2D eigenvalue weighted by atomic mass is 31.2. The number of nitrogens with one attached hydrogen (secondary N) is 1. The third kappa shape index (κ3) is 45.3. The predicted octanol–water partition coefficient (Wildman–Crippen LogP) is 14.5. The lowest BCUT2D eigenvalue weighted by atomic mass is 10.0. The van der Waals surface area contributed by atoms with Crippen molar-refractivity contribution in [3.8, 4) is 0 Å². The largest absolute Gasteiger partial charge is 0.756 e. The Morgan fingerprint density at radius 3 is 1.25 bits per heavy atom. The van der Waals surface area contributed by atoms with Crippen LogP contribution in [0.4, 0.5) is 0 Å². The predicted molar refractivity (Wildman–Crippen MR) is 256 cm³/mol. The van der Waals surface area contributed by atoms with Crippen molar-refractivity contribution in [3.63, 3.8) is 0 Å². The normalized spacial score (nSPS) is 14.2. The summed E-state index contributed by atoms with van der Waals surface area (Å²) in [6, 6.07) is -0.879. The summed E-state index contributed by atoms with van der Waals surface area (Å²) in [4.78, 5) is 25.3. The van der Waals surface area contributed by atoms with Gasteiger partial charge in [0.05, 0.1) is 39.9 Å². The van der Waals surface area contributed by atoms with Gasteiger partial charge in [-0.1, -0.05) is 244 Å². The fourth-order valence-corrected chi connectivity index (χ4v) is 8.58. The molecule has 0 aliphatic carbocycles. The molecule has 0 aliphatic heterocycles. The number of hydrogen-bond donors (Lipinski definition) is 2. The summed E-state index contributed by atoms with van der Waals surface area (Å²) < 4.78 is 23.2. The van der Waals surface area contributed by atoms with Gasteiger partial charge >= 0.3 is 0 Å². The number of aliphatic hydroxyl groups is 1. The molecule has 2 N–H and O–H groups in total. The highest BCUT2D eigenvalue weighted by Crippen LogP contribution is 2.38. The molecule has 0 bridgehead atoms. The monoisotopic (exact) mass is 871 g/mol. The quantitative estimate of drug-likeness (QED) is 0.0273. The molecule has 0 aromatic rings. The van der Waals surface area contributed by atoms with Gasteiger partial charge in [0.2, 0.25) is 5.91 Å². The smallest absolute Gasteiger partial charge is 0.268 e. The minimum atomic E-state index is -4.58. The van der Waals surface area contributed by atoms with Gasteiger partial charge < -0.3 is 28.8 Å². The fourth-order valence-electron chi connectivity index (χ4n) is 7.86. The Labute approximate surface area is 373 Å². The zero-order valence-corrected chi connectivity index (χ0v) is 41.6. The van der Waals surface area contributed by atoms with Crippen molar-refractivity contribution < 1.29 is 32.9 Å². The van der Waals surface area contributed by atoms with Gasteiger partial charge in [-0.3, -0.25) is 9.36 Å². The van der Waals surface area contributed by atoms with Crippen LogP contribution in [0.3, 0.4) is 0 Å². The third-order valence-electron chi connectivity index (χ3n) is 12.0. The van der Waals surface area contributed by atoms with Crippen LogP contribution in [0.1, 0.15) is 258 Å². The topological polar surface area (TPSA) is 108 Å². The van der Waals surface area contributed by atoms with Crippen LogP contribution in [0.5, 0.6) is 0 Å². The number of amides is 1. The number of hydrogen-bond acceptors (Lipinski definition) is 6. The maximum atomic E-state index is 12.9. The standard InChI is InChI=1S/C51H103N2O6P/c1-6-8-10-12-14-16-17-18-19-20-21-22-23-24-25-26-27-28-29-30-31-32-33-34-35-37-39-41-43-45-51(55)52-49(48-59-60(56,57)58-47-46-53(3,4)5)50(54)44-42-40-38-36-15-13-11-9-7-2/h42,44,49-50,54H,6-41,43,45-48H2,1-5H3,(H-,52,55,56,57)/b44-42+. The number of allylic oxidation sites excluding steroid dienone is 1. The van der Waals surface area contributed by atoms with Crippen LogP contribution in [-0.4, -0.2) is 68.5 Å². The zero-order valence-electron chi connectivity index (χ0n) is 40.7. The van der Waals surface area contributed by atoms with E-state index in [4.69, 9.17) is 9.05 Å². The number of aliphatic hydroxyl groups excluding tert-OH is 1. The Bertz CT molecular complexity index is 989. The average molecular weight is 871 g/mol. The van der Waals surface area contributed by atoms with E-state index in [0.717, 1.165) is 38.5 Å². The van der Waals surface area contributed by atoms with Crippen LogP contribution in [0.2, 0.25) is 0 Å². The van der Waals surface area contributed by atoms with Crippen molar-refractivity contribution in [1.82, 2.24) is 5.32 Å². The zero-order chi connectivity index (χ0) is 44.3. The minimum absolute atomic E-state index is 0.00186. The van der Waals surface area contributed by atoms with E-state index in [1.807, 2.05) is 27.2 Å².